The third-order valence-corrected chi connectivity index (χ3v) is 5.03. The molecule has 1 atom stereocenters. The van der Waals surface area contributed by atoms with E-state index in [1.807, 2.05) is 30.3 Å². The Kier molecular flexibility index (Phi) is 5.27. The lowest BCUT2D eigenvalue weighted by atomic mass is 9.86. The highest BCUT2D eigenvalue weighted by Gasteiger charge is 2.28. The standard InChI is InChI=1S/C21H23NO5/c23-16-3-6-18-19(14-21(24)27-20(18)13-16)15-1-4-17(5-2-15)26-12-9-22-7-10-25-11-8-22/h1-6,13,19,23H,7-12,14H2. The molecule has 2 heterocycles. The van der Waals surface area contributed by atoms with E-state index in [2.05, 4.69) is 4.90 Å². The minimum absolute atomic E-state index is 0.0794. The molecule has 27 heavy (non-hydrogen) atoms. The summed E-state index contributed by atoms with van der Waals surface area (Å²) in [6.45, 7) is 5.01. The molecule has 6 heteroatoms. The zero-order valence-corrected chi connectivity index (χ0v) is 15.1. The largest absolute Gasteiger partial charge is 0.508 e. The van der Waals surface area contributed by atoms with Crippen molar-refractivity contribution in [1.82, 2.24) is 4.90 Å². The lowest BCUT2D eigenvalue weighted by Gasteiger charge is -2.26. The van der Waals surface area contributed by atoms with Gasteiger partial charge in [0.2, 0.25) is 0 Å². The van der Waals surface area contributed by atoms with Gasteiger partial charge in [-0.15, -0.1) is 0 Å². The van der Waals surface area contributed by atoms with Gasteiger partial charge < -0.3 is 19.3 Å². The van der Waals surface area contributed by atoms with Crippen LogP contribution < -0.4 is 9.47 Å². The number of nitrogens with zero attached hydrogens (tertiary/aromatic N) is 1. The summed E-state index contributed by atoms with van der Waals surface area (Å²) in [5.41, 5.74) is 1.94. The number of morpholine rings is 1. The SMILES string of the molecule is O=C1CC(c2ccc(OCCN3CCOCC3)cc2)c2ccc(O)cc2O1. The van der Waals surface area contributed by atoms with E-state index in [4.69, 9.17) is 14.2 Å². The summed E-state index contributed by atoms with van der Waals surface area (Å²) in [5.74, 6) is 0.970. The Morgan fingerprint density at radius 2 is 1.89 bits per heavy atom. The van der Waals surface area contributed by atoms with E-state index in [-0.39, 0.29) is 24.1 Å². The van der Waals surface area contributed by atoms with Gasteiger partial charge >= 0.3 is 5.97 Å². The molecule has 0 spiro atoms. The molecule has 1 unspecified atom stereocenters. The lowest BCUT2D eigenvalue weighted by Crippen LogP contribution is -2.38. The molecule has 2 aliphatic heterocycles. The van der Waals surface area contributed by atoms with Gasteiger partial charge in [-0.05, 0) is 23.8 Å². The third kappa shape index (κ3) is 4.23. The highest BCUT2D eigenvalue weighted by molar-refractivity contribution is 5.78. The molecule has 0 saturated carbocycles. The van der Waals surface area contributed by atoms with Crippen molar-refractivity contribution in [3.05, 3.63) is 53.6 Å². The number of ether oxygens (including phenoxy) is 3. The normalized spacial score (nSPS) is 20.0. The fourth-order valence-corrected chi connectivity index (χ4v) is 3.55. The number of carbonyl (C=O) groups is 1. The van der Waals surface area contributed by atoms with E-state index in [1.165, 1.54) is 6.07 Å². The van der Waals surface area contributed by atoms with Crippen LogP contribution in [0.2, 0.25) is 0 Å². The van der Waals surface area contributed by atoms with Crippen molar-refractivity contribution in [2.75, 3.05) is 39.5 Å². The van der Waals surface area contributed by atoms with Crippen molar-refractivity contribution in [2.24, 2.45) is 0 Å². The highest BCUT2D eigenvalue weighted by Crippen LogP contribution is 2.40. The van der Waals surface area contributed by atoms with Crippen LogP contribution >= 0.6 is 0 Å². The Morgan fingerprint density at radius 1 is 1.11 bits per heavy atom. The van der Waals surface area contributed by atoms with E-state index in [9.17, 15) is 9.90 Å². The summed E-state index contributed by atoms with van der Waals surface area (Å²) in [4.78, 5) is 14.3. The molecule has 1 saturated heterocycles. The van der Waals surface area contributed by atoms with Crippen LogP contribution in [0.25, 0.3) is 0 Å². The number of phenols is 1. The number of esters is 1. The van der Waals surface area contributed by atoms with Crippen LogP contribution in [0.3, 0.4) is 0 Å². The van der Waals surface area contributed by atoms with Crippen molar-refractivity contribution in [1.29, 1.82) is 0 Å². The molecule has 0 bridgehead atoms. The summed E-state index contributed by atoms with van der Waals surface area (Å²) >= 11 is 0. The summed E-state index contributed by atoms with van der Waals surface area (Å²) < 4.78 is 16.5. The monoisotopic (exact) mass is 369 g/mol. The minimum Gasteiger partial charge on any atom is -0.508 e. The summed E-state index contributed by atoms with van der Waals surface area (Å²) in [6, 6.07) is 12.8. The molecular formula is C21H23NO5. The molecule has 6 nitrogen and oxygen atoms in total. The Bertz CT molecular complexity index is 799. The van der Waals surface area contributed by atoms with Crippen LogP contribution in [0.4, 0.5) is 0 Å². The second kappa shape index (κ2) is 7.98. The number of fused-ring (bicyclic) bond motifs is 1. The van der Waals surface area contributed by atoms with Gasteiger partial charge in [0.25, 0.3) is 0 Å². The van der Waals surface area contributed by atoms with Gasteiger partial charge in [0.15, 0.2) is 0 Å². The topological polar surface area (TPSA) is 68.2 Å². The van der Waals surface area contributed by atoms with Gasteiger partial charge in [0.1, 0.15) is 23.9 Å². The zero-order chi connectivity index (χ0) is 18.6. The smallest absolute Gasteiger partial charge is 0.312 e. The van der Waals surface area contributed by atoms with E-state index < -0.39 is 0 Å². The second-order valence-electron chi connectivity index (χ2n) is 6.82. The number of aromatic hydroxyl groups is 1. The van der Waals surface area contributed by atoms with Crippen LogP contribution in [0.5, 0.6) is 17.2 Å². The number of hydrogen-bond donors (Lipinski definition) is 1. The van der Waals surface area contributed by atoms with E-state index in [0.717, 1.165) is 49.7 Å². The molecule has 1 fully saturated rings. The lowest BCUT2D eigenvalue weighted by molar-refractivity contribution is -0.135. The first kappa shape index (κ1) is 17.8. The number of carbonyl (C=O) groups excluding carboxylic acids is 1. The van der Waals surface area contributed by atoms with Gasteiger partial charge in [-0.2, -0.15) is 0 Å². The van der Waals surface area contributed by atoms with Gasteiger partial charge in [0, 0.05) is 37.2 Å². The van der Waals surface area contributed by atoms with Gasteiger partial charge in [-0.1, -0.05) is 18.2 Å². The Labute approximate surface area is 158 Å². The first-order valence-electron chi connectivity index (χ1n) is 9.25. The van der Waals surface area contributed by atoms with Crippen LogP contribution in [0.15, 0.2) is 42.5 Å². The molecular weight excluding hydrogens is 346 g/mol. The molecule has 0 aliphatic carbocycles. The molecule has 0 aromatic heterocycles. The van der Waals surface area contributed by atoms with E-state index >= 15 is 0 Å². The third-order valence-electron chi connectivity index (χ3n) is 5.03. The predicted octanol–water partition coefficient (Wildman–Crippen LogP) is 2.54. The first-order valence-corrected chi connectivity index (χ1v) is 9.25. The molecule has 1 N–H and O–H groups in total. The van der Waals surface area contributed by atoms with Gasteiger partial charge in [-0.3, -0.25) is 9.69 Å². The summed E-state index contributed by atoms with van der Waals surface area (Å²) in [6.07, 6.45) is 0.287. The maximum Gasteiger partial charge on any atom is 0.312 e. The molecule has 2 aromatic carbocycles. The van der Waals surface area contributed by atoms with Gasteiger partial charge in [-0.25, -0.2) is 0 Å². The second-order valence-corrected chi connectivity index (χ2v) is 6.82. The molecule has 2 aromatic rings. The predicted molar refractivity (Wildman–Crippen MR) is 99.4 cm³/mol. The summed E-state index contributed by atoms with van der Waals surface area (Å²) in [7, 11) is 0. The van der Waals surface area contributed by atoms with Crippen LogP contribution in [0.1, 0.15) is 23.5 Å². The molecule has 2 aliphatic rings. The van der Waals surface area contributed by atoms with Crippen LogP contribution in [-0.2, 0) is 9.53 Å². The molecule has 4 rings (SSSR count). The maximum absolute atomic E-state index is 11.9. The average molecular weight is 369 g/mol. The Hall–Kier alpha value is -2.57. The van der Waals surface area contributed by atoms with E-state index in [1.54, 1.807) is 6.07 Å². The Morgan fingerprint density at radius 3 is 2.67 bits per heavy atom. The van der Waals surface area contributed by atoms with Gasteiger partial charge in [0.05, 0.1) is 19.6 Å². The number of phenolic OH excluding ortho intramolecular Hbond substituents is 1. The average Bonchev–Trinajstić information content (AvgIpc) is 2.68. The van der Waals surface area contributed by atoms with Crippen molar-refractivity contribution in [3.8, 4) is 17.2 Å². The number of rotatable bonds is 5. The molecule has 0 radical (unpaired) electrons. The van der Waals surface area contributed by atoms with Crippen molar-refractivity contribution in [2.45, 2.75) is 12.3 Å². The number of hydrogen-bond acceptors (Lipinski definition) is 6. The van der Waals surface area contributed by atoms with Crippen molar-refractivity contribution in [3.63, 3.8) is 0 Å². The van der Waals surface area contributed by atoms with Crippen LogP contribution in [-0.4, -0.2) is 55.4 Å². The number of benzene rings is 2. The minimum atomic E-state index is -0.288. The van der Waals surface area contributed by atoms with Crippen molar-refractivity contribution >= 4 is 5.97 Å². The maximum atomic E-state index is 11.9. The molecule has 0 amide bonds. The van der Waals surface area contributed by atoms with E-state index in [0.29, 0.717) is 12.4 Å². The van der Waals surface area contributed by atoms with Crippen molar-refractivity contribution < 1.29 is 24.1 Å². The quantitative estimate of drug-likeness (QED) is 0.645. The summed E-state index contributed by atoms with van der Waals surface area (Å²) in [5, 5.41) is 9.63. The van der Waals surface area contributed by atoms with Crippen LogP contribution in [0, 0.1) is 0 Å². The highest BCUT2D eigenvalue weighted by atomic mass is 16.5. The first-order chi connectivity index (χ1) is 13.2. The molecule has 142 valence electrons. The fraction of sp³-hybridized carbons (Fsp3) is 0.381. The fourth-order valence-electron chi connectivity index (χ4n) is 3.55. The zero-order valence-electron chi connectivity index (χ0n) is 15.1. The Balaban J connectivity index is 1.41.